The first kappa shape index (κ1) is 11.0. The van der Waals surface area contributed by atoms with E-state index >= 15 is 0 Å². The molecule has 0 aliphatic rings. The van der Waals surface area contributed by atoms with Gasteiger partial charge in [-0.05, 0) is 6.92 Å². The van der Waals surface area contributed by atoms with Crippen molar-refractivity contribution >= 4 is 9.84 Å². The van der Waals surface area contributed by atoms with Crippen molar-refractivity contribution in [1.82, 2.24) is 10.2 Å². The summed E-state index contributed by atoms with van der Waals surface area (Å²) in [6.45, 7) is 1.22. The molecule has 0 aliphatic carbocycles. The number of nitrogens with zero attached hydrogens (tertiary/aromatic N) is 1. The first-order chi connectivity index (χ1) is 6.14. The Morgan fingerprint density at radius 3 is 2.14 bits per heavy atom. The normalized spacial score (nSPS) is 13.2. The average molecular weight is 228 g/mol. The minimum Gasteiger partial charge on any atom is -0.281 e. The van der Waals surface area contributed by atoms with Crippen molar-refractivity contribution in [2.45, 2.75) is 18.0 Å². The highest BCUT2D eigenvalue weighted by molar-refractivity contribution is 7.90. The lowest BCUT2D eigenvalue weighted by Crippen LogP contribution is -2.12. The van der Waals surface area contributed by atoms with Crippen molar-refractivity contribution in [3.63, 3.8) is 0 Å². The molecule has 4 nitrogen and oxygen atoms in total. The molecule has 0 bridgehead atoms. The van der Waals surface area contributed by atoms with Gasteiger partial charge >= 0.3 is 6.18 Å². The second-order valence-electron chi connectivity index (χ2n) is 2.80. The largest absolute Gasteiger partial charge is 0.436 e. The van der Waals surface area contributed by atoms with Crippen LogP contribution in [-0.2, 0) is 16.0 Å². The molecule has 0 atom stereocenters. The summed E-state index contributed by atoms with van der Waals surface area (Å²) in [4.78, 5) is -0.787. The number of rotatable bonds is 1. The Kier molecular flexibility index (Phi) is 2.34. The summed E-state index contributed by atoms with van der Waals surface area (Å²) in [7, 11) is -3.92. The predicted molar refractivity (Wildman–Crippen MR) is 41.4 cm³/mol. The first-order valence-corrected chi connectivity index (χ1v) is 5.35. The third kappa shape index (κ3) is 1.89. The molecule has 0 radical (unpaired) electrons. The van der Waals surface area contributed by atoms with Crippen LogP contribution in [0, 0.1) is 6.92 Å². The number of hydrogen-bond acceptors (Lipinski definition) is 3. The Morgan fingerprint density at radius 2 is 1.86 bits per heavy atom. The van der Waals surface area contributed by atoms with Crippen LogP contribution in [0.1, 0.15) is 11.4 Å². The van der Waals surface area contributed by atoms with Gasteiger partial charge in [-0.2, -0.15) is 18.3 Å². The lowest BCUT2D eigenvalue weighted by molar-refractivity contribution is -0.143. The number of aryl methyl sites for hydroxylation is 1. The summed E-state index contributed by atoms with van der Waals surface area (Å²) in [5.74, 6) is 0. The molecule has 0 fully saturated rings. The molecule has 0 aliphatic heterocycles. The van der Waals surface area contributed by atoms with Gasteiger partial charge < -0.3 is 0 Å². The van der Waals surface area contributed by atoms with Gasteiger partial charge in [0.05, 0.1) is 5.69 Å². The first-order valence-electron chi connectivity index (χ1n) is 3.46. The highest BCUT2D eigenvalue weighted by Gasteiger charge is 2.40. The van der Waals surface area contributed by atoms with Crippen molar-refractivity contribution < 1.29 is 21.6 Å². The fraction of sp³-hybridized carbons (Fsp3) is 0.500. The quantitative estimate of drug-likeness (QED) is 0.784. The smallest absolute Gasteiger partial charge is 0.281 e. The predicted octanol–water partition coefficient (Wildman–Crippen LogP) is 1.14. The van der Waals surface area contributed by atoms with E-state index in [0.29, 0.717) is 6.26 Å². The zero-order chi connectivity index (χ0) is 11.1. The van der Waals surface area contributed by atoms with Crippen LogP contribution < -0.4 is 0 Å². The monoisotopic (exact) mass is 228 g/mol. The van der Waals surface area contributed by atoms with E-state index < -0.39 is 26.6 Å². The second kappa shape index (κ2) is 2.97. The SMILES string of the molecule is Cc1[nH]nc(C(F)(F)F)c1S(C)(=O)=O. The lowest BCUT2D eigenvalue weighted by atomic mass is 10.3. The molecule has 0 amide bonds. The maximum absolute atomic E-state index is 12.2. The molecule has 0 saturated heterocycles. The molecule has 8 heteroatoms. The van der Waals surface area contributed by atoms with Gasteiger partial charge in [0.25, 0.3) is 0 Å². The minimum atomic E-state index is -4.76. The van der Waals surface area contributed by atoms with Gasteiger partial charge in [0.1, 0.15) is 4.90 Å². The van der Waals surface area contributed by atoms with Crippen LogP contribution in [0.4, 0.5) is 13.2 Å². The number of nitrogens with one attached hydrogen (secondary N) is 1. The molecular weight excluding hydrogens is 221 g/mol. The topological polar surface area (TPSA) is 62.8 Å². The number of aromatic amines is 1. The van der Waals surface area contributed by atoms with Crippen LogP contribution in [0.2, 0.25) is 0 Å². The van der Waals surface area contributed by atoms with E-state index in [1.165, 1.54) is 6.92 Å². The summed E-state index contributed by atoms with van der Waals surface area (Å²) in [6, 6.07) is 0. The van der Waals surface area contributed by atoms with Crippen LogP contribution in [0.5, 0.6) is 0 Å². The summed E-state index contributed by atoms with van der Waals surface area (Å²) in [5.41, 5.74) is -1.50. The zero-order valence-corrected chi connectivity index (χ0v) is 8.12. The Labute approximate surface area is 78.0 Å². The third-order valence-corrected chi connectivity index (χ3v) is 2.77. The molecule has 0 saturated carbocycles. The third-order valence-electron chi connectivity index (χ3n) is 1.53. The lowest BCUT2D eigenvalue weighted by Gasteiger charge is -2.04. The van der Waals surface area contributed by atoms with Gasteiger partial charge in [-0.1, -0.05) is 0 Å². The standard InChI is InChI=1S/C6H7F3N2O2S/c1-3-4(14(2,12)13)5(11-10-3)6(7,8)9/h1-2H3,(H,10,11). The van der Waals surface area contributed by atoms with E-state index in [1.54, 1.807) is 0 Å². The molecule has 14 heavy (non-hydrogen) atoms. The van der Waals surface area contributed by atoms with Crippen LogP contribution >= 0.6 is 0 Å². The molecule has 0 unspecified atom stereocenters. The summed E-state index contributed by atoms with van der Waals surface area (Å²) in [5, 5.41) is 4.93. The van der Waals surface area contributed by atoms with Crippen LogP contribution in [0.15, 0.2) is 4.90 Å². The van der Waals surface area contributed by atoms with E-state index in [4.69, 9.17) is 0 Å². The molecule has 1 N–H and O–H groups in total. The van der Waals surface area contributed by atoms with Gasteiger partial charge in [0, 0.05) is 6.26 Å². The number of aromatic nitrogens is 2. The second-order valence-corrected chi connectivity index (χ2v) is 4.75. The number of alkyl halides is 3. The number of H-pyrrole nitrogens is 1. The molecule has 80 valence electrons. The molecule has 0 spiro atoms. The van der Waals surface area contributed by atoms with Gasteiger partial charge in [-0.15, -0.1) is 0 Å². The highest BCUT2D eigenvalue weighted by Crippen LogP contribution is 2.33. The van der Waals surface area contributed by atoms with E-state index in [0.717, 1.165) is 0 Å². The van der Waals surface area contributed by atoms with Crippen molar-refractivity contribution in [1.29, 1.82) is 0 Å². The fourth-order valence-corrected chi connectivity index (χ4v) is 2.18. The molecule has 1 heterocycles. The summed E-state index contributed by atoms with van der Waals surface area (Å²) >= 11 is 0. The molecule has 1 aromatic rings. The maximum atomic E-state index is 12.2. The van der Waals surface area contributed by atoms with Gasteiger partial charge in [0.2, 0.25) is 0 Å². The summed E-state index contributed by atoms with van der Waals surface area (Å²) in [6.07, 6.45) is -4.05. The zero-order valence-electron chi connectivity index (χ0n) is 7.31. The summed E-state index contributed by atoms with van der Waals surface area (Å²) < 4.78 is 58.8. The van der Waals surface area contributed by atoms with Crippen LogP contribution in [0.25, 0.3) is 0 Å². The molecular formula is C6H7F3N2O2S. The van der Waals surface area contributed by atoms with Crippen LogP contribution in [-0.4, -0.2) is 24.9 Å². The van der Waals surface area contributed by atoms with E-state index in [9.17, 15) is 21.6 Å². The average Bonchev–Trinajstić information content (AvgIpc) is 2.27. The Balaban J connectivity index is 3.51. The van der Waals surface area contributed by atoms with Gasteiger partial charge in [-0.3, -0.25) is 5.10 Å². The van der Waals surface area contributed by atoms with E-state index in [1.807, 2.05) is 5.10 Å². The number of halogens is 3. The number of sulfone groups is 1. The van der Waals surface area contributed by atoms with Crippen molar-refractivity contribution in [2.24, 2.45) is 0 Å². The fourth-order valence-electron chi connectivity index (χ4n) is 1.06. The van der Waals surface area contributed by atoms with Crippen molar-refractivity contribution in [3.8, 4) is 0 Å². The Hall–Kier alpha value is -1.05. The van der Waals surface area contributed by atoms with E-state index in [2.05, 4.69) is 5.10 Å². The van der Waals surface area contributed by atoms with Crippen molar-refractivity contribution in [3.05, 3.63) is 11.4 Å². The molecule has 1 rings (SSSR count). The highest BCUT2D eigenvalue weighted by atomic mass is 32.2. The van der Waals surface area contributed by atoms with Gasteiger partial charge in [-0.25, -0.2) is 8.42 Å². The maximum Gasteiger partial charge on any atom is 0.436 e. The molecule has 1 aromatic heterocycles. The van der Waals surface area contributed by atoms with E-state index in [-0.39, 0.29) is 5.69 Å². The minimum absolute atomic E-state index is 0.111. The van der Waals surface area contributed by atoms with Crippen molar-refractivity contribution in [2.75, 3.05) is 6.26 Å². The molecule has 0 aromatic carbocycles. The Bertz CT molecular complexity index is 446. The van der Waals surface area contributed by atoms with Crippen LogP contribution in [0.3, 0.4) is 0 Å². The number of hydrogen-bond donors (Lipinski definition) is 1. The Morgan fingerprint density at radius 1 is 1.36 bits per heavy atom. The van der Waals surface area contributed by atoms with Gasteiger partial charge in [0.15, 0.2) is 15.5 Å².